The molecular weight excluding hydrogens is 382 g/mol. The molecule has 0 aromatic rings. The zero-order valence-corrected chi connectivity index (χ0v) is 12.1. The van der Waals surface area contributed by atoms with Crippen LogP contribution in [0.2, 0.25) is 0 Å². The summed E-state index contributed by atoms with van der Waals surface area (Å²) in [6.45, 7) is 2.17. The monoisotopic (exact) mass is 398 g/mol. The van der Waals surface area contributed by atoms with Crippen molar-refractivity contribution in [2.24, 2.45) is 0 Å². The first-order valence-electron chi connectivity index (χ1n) is 4.01. The molecule has 2 nitrogen and oxygen atoms in total. The average molecular weight is 398 g/mol. The van der Waals surface area contributed by atoms with Crippen molar-refractivity contribution in [3.8, 4) is 0 Å². The highest BCUT2D eigenvalue weighted by molar-refractivity contribution is 14.2. The number of rotatable bonds is 6. The van der Waals surface area contributed by atoms with E-state index in [1.54, 1.807) is 14.2 Å². The van der Waals surface area contributed by atoms with Gasteiger partial charge in [-0.1, -0.05) is 58.5 Å². The van der Waals surface area contributed by atoms with Crippen LogP contribution in [0.15, 0.2) is 0 Å². The molecule has 0 aliphatic carbocycles. The number of ether oxygens (including phenoxy) is 2. The van der Waals surface area contributed by atoms with E-state index in [4.69, 9.17) is 9.47 Å². The average Bonchev–Trinajstić information content (AvgIpc) is 2.07. The summed E-state index contributed by atoms with van der Waals surface area (Å²) in [5.74, 6) is -0.392. The third-order valence-corrected chi connectivity index (χ3v) is 3.80. The second-order valence-corrected chi connectivity index (χ2v) is 7.50. The van der Waals surface area contributed by atoms with Gasteiger partial charge < -0.3 is 9.47 Å². The van der Waals surface area contributed by atoms with E-state index in [2.05, 4.69) is 52.1 Å². The van der Waals surface area contributed by atoms with Crippen LogP contribution in [0, 0.1) is 0 Å². The first kappa shape index (κ1) is 13.4. The van der Waals surface area contributed by atoms with E-state index in [1.807, 2.05) is 0 Å². The van der Waals surface area contributed by atoms with Crippen LogP contribution >= 0.6 is 45.2 Å². The summed E-state index contributed by atoms with van der Waals surface area (Å²) in [7, 11) is 3.42. The Bertz CT molecular complexity index is 114. The molecule has 0 atom stereocenters. The van der Waals surface area contributed by atoms with Gasteiger partial charge in [0.25, 0.3) is 0 Å². The largest absolute Gasteiger partial charge is 0.351 e. The standard InChI is InChI=1S/C8H16I2O2/c1-4-5-6-8(11-2,12-3)7(9)10/h7H,4-6H2,1-3H3. The van der Waals surface area contributed by atoms with Crippen LogP contribution in [0.25, 0.3) is 0 Å². The van der Waals surface area contributed by atoms with Gasteiger partial charge in [-0.05, 0) is 6.42 Å². The summed E-state index contributed by atoms with van der Waals surface area (Å²) in [5, 5.41) is 0. The van der Waals surface area contributed by atoms with E-state index in [9.17, 15) is 0 Å². The van der Waals surface area contributed by atoms with Crippen LogP contribution in [0.5, 0.6) is 0 Å². The molecule has 0 N–H and O–H groups in total. The molecular formula is C8H16I2O2. The summed E-state index contributed by atoms with van der Waals surface area (Å²) in [4.78, 5) is 0. The molecule has 0 aromatic heterocycles. The lowest BCUT2D eigenvalue weighted by Crippen LogP contribution is -2.39. The highest BCUT2D eigenvalue weighted by atomic mass is 127. The summed E-state index contributed by atoms with van der Waals surface area (Å²) in [5.41, 5.74) is 0. The fraction of sp³-hybridized carbons (Fsp3) is 1.00. The first-order valence-corrected chi connectivity index (χ1v) is 6.50. The van der Waals surface area contributed by atoms with Crippen LogP contribution in [-0.4, -0.2) is 21.9 Å². The lowest BCUT2D eigenvalue weighted by Gasteiger charge is -2.32. The molecule has 0 radical (unpaired) electrons. The van der Waals surface area contributed by atoms with Gasteiger partial charge in [-0.25, -0.2) is 0 Å². The van der Waals surface area contributed by atoms with Crippen LogP contribution in [0.4, 0.5) is 0 Å². The van der Waals surface area contributed by atoms with E-state index in [-0.39, 0.29) is 0 Å². The Balaban J connectivity index is 4.15. The van der Waals surface area contributed by atoms with Crippen molar-refractivity contribution in [2.75, 3.05) is 14.2 Å². The fourth-order valence-corrected chi connectivity index (χ4v) is 2.64. The van der Waals surface area contributed by atoms with Crippen LogP contribution in [-0.2, 0) is 9.47 Å². The summed E-state index contributed by atoms with van der Waals surface area (Å²) in [6.07, 6.45) is 3.28. The highest BCUT2D eigenvalue weighted by Crippen LogP contribution is 2.33. The lowest BCUT2D eigenvalue weighted by molar-refractivity contribution is -0.194. The predicted octanol–water partition coefficient (Wildman–Crippen LogP) is 3.36. The molecule has 0 aliphatic rings. The molecule has 0 aromatic carbocycles. The van der Waals surface area contributed by atoms with Crippen molar-refractivity contribution in [2.45, 2.75) is 33.9 Å². The van der Waals surface area contributed by atoms with Gasteiger partial charge >= 0.3 is 0 Å². The molecule has 0 bridgehead atoms. The maximum atomic E-state index is 5.41. The fourth-order valence-electron chi connectivity index (χ4n) is 0.998. The van der Waals surface area contributed by atoms with Crippen molar-refractivity contribution in [1.82, 2.24) is 0 Å². The Kier molecular flexibility index (Phi) is 7.56. The molecule has 12 heavy (non-hydrogen) atoms. The molecule has 0 aliphatic heterocycles. The Labute approximate surface area is 102 Å². The van der Waals surface area contributed by atoms with E-state index in [0.29, 0.717) is 1.93 Å². The molecule has 74 valence electrons. The third kappa shape index (κ3) is 3.63. The van der Waals surface area contributed by atoms with E-state index in [1.165, 1.54) is 6.42 Å². The maximum absolute atomic E-state index is 5.41. The van der Waals surface area contributed by atoms with Crippen LogP contribution in [0.1, 0.15) is 26.2 Å². The third-order valence-electron chi connectivity index (χ3n) is 1.90. The van der Waals surface area contributed by atoms with Crippen molar-refractivity contribution in [1.29, 1.82) is 0 Å². The molecule has 0 rings (SSSR count). The number of hydrogen-bond acceptors (Lipinski definition) is 2. The van der Waals surface area contributed by atoms with Gasteiger partial charge in [0.1, 0.15) is 1.93 Å². The number of hydrogen-bond donors (Lipinski definition) is 0. The predicted molar refractivity (Wildman–Crippen MR) is 68.1 cm³/mol. The second kappa shape index (κ2) is 6.78. The zero-order chi connectivity index (χ0) is 9.61. The van der Waals surface area contributed by atoms with Crippen molar-refractivity contribution < 1.29 is 9.47 Å². The minimum atomic E-state index is -0.392. The molecule has 0 saturated carbocycles. The molecule has 0 heterocycles. The number of methoxy groups -OCH3 is 2. The molecule has 0 unspecified atom stereocenters. The van der Waals surface area contributed by atoms with Crippen molar-refractivity contribution in [3.63, 3.8) is 0 Å². The highest BCUT2D eigenvalue weighted by Gasteiger charge is 2.35. The molecule has 0 amide bonds. The Morgan fingerprint density at radius 3 is 2.00 bits per heavy atom. The van der Waals surface area contributed by atoms with Gasteiger partial charge in [-0.3, -0.25) is 0 Å². The molecule has 0 fully saturated rings. The molecule has 4 heteroatoms. The minimum absolute atomic E-state index is 0.342. The quantitative estimate of drug-likeness (QED) is 0.388. The SMILES string of the molecule is CCCCC(OC)(OC)C(I)I. The van der Waals surface area contributed by atoms with Gasteiger partial charge in [0.2, 0.25) is 0 Å². The Morgan fingerprint density at radius 2 is 1.75 bits per heavy atom. The van der Waals surface area contributed by atoms with E-state index >= 15 is 0 Å². The summed E-state index contributed by atoms with van der Waals surface area (Å²) < 4.78 is 11.2. The normalized spacial score (nSPS) is 12.5. The zero-order valence-electron chi connectivity index (χ0n) is 7.77. The van der Waals surface area contributed by atoms with Gasteiger partial charge in [0.05, 0.1) is 0 Å². The van der Waals surface area contributed by atoms with E-state index < -0.39 is 5.79 Å². The molecule has 0 saturated heterocycles. The van der Waals surface area contributed by atoms with Gasteiger partial charge in [-0.2, -0.15) is 0 Å². The number of alkyl halides is 2. The number of unbranched alkanes of at least 4 members (excludes halogenated alkanes) is 1. The summed E-state index contributed by atoms with van der Waals surface area (Å²) in [6, 6.07) is 0. The Morgan fingerprint density at radius 1 is 1.25 bits per heavy atom. The molecule has 0 spiro atoms. The van der Waals surface area contributed by atoms with Gasteiger partial charge in [0, 0.05) is 20.6 Å². The minimum Gasteiger partial charge on any atom is -0.351 e. The topological polar surface area (TPSA) is 18.5 Å². The van der Waals surface area contributed by atoms with Crippen molar-refractivity contribution in [3.05, 3.63) is 0 Å². The van der Waals surface area contributed by atoms with E-state index in [0.717, 1.165) is 12.8 Å². The van der Waals surface area contributed by atoms with Crippen LogP contribution < -0.4 is 0 Å². The summed E-state index contributed by atoms with van der Waals surface area (Å²) >= 11 is 4.67. The smallest absolute Gasteiger partial charge is 0.188 e. The van der Waals surface area contributed by atoms with Gasteiger partial charge in [0.15, 0.2) is 5.79 Å². The maximum Gasteiger partial charge on any atom is 0.188 e. The Hall–Kier alpha value is 1.38. The van der Waals surface area contributed by atoms with Crippen LogP contribution in [0.3, 0.4) is 0 Å². The number of halogens is 2. The second-order valence-electron chi connectivity index (χ2n) is 2.62. The first-order chi connectivity index (χ1) is 5.63. The van der Waals surface area contributed by atoms with Crippen molar-refractivity contribution >= 4 is 45.2 Å². The van der Waals surface area contributed by atoms with Gasteiger partial charge in [-0.15, -0.1) is 0 Å². The lowest BCUT2D eigenvalue weighted by atomic mass is 10.1.